The van der Waals surface area contributed by atoms with E-state index in [0.717, 1.165) is 94.0 Å². The highest BCUT2D eigenvalue weighted by molar-refractivity contribution is 5.91. The number of amides is 14. The lowest BCUT2D eigenvalue weighted by Crippen LogP contribution is -2.51. The number of hydrogen-bond donors (Lipinski definition) is 15. The summed E-state index contributed by atoms with van der Waals surface area (Å²) in [6, 6.07) is -0.00457. The van der Waals surface area contributed by atoms with E-state index in [1.165, 1.54) is 47.6 Å². The fraction of sp³-hybridized carbons (Fsp3) is 0.479. The topological polar surface area (TPSA) is 730 Å². The van der Waals surface area contributed by atoms with Crippen LogP contribution in [0.4, 0.5) is 5.82 Å². The van der Waals surface area contributed by atoms with Gasteiger partial charge >= 0.3 is 34.1 Å². The molecule has 53 heteroatoms. The molecule has 14 amide bonds. The molecule has 53 nitrogen and oxygen atoms in total. The van der Waals surface area contributed by atoms with Gasteiger partial charge in [-0.2, -0.15) is 4.98 Å². The fourth-order valence-corrected chi connectivity index (χ4v) is 11.8. The van der Waals surface area contributed by atoms with E-state index in [1.807, 2.05) is 15.0 Å². The molecule has 0 unspecified atom stereocenters. The smallest absolute Gasteiger partial charge is 0.349 e. The average molecular weight is 1770 g/mol. The summed E-state index contributed by atoms with van der Waals surface area (Å²) in [5.41, 5.74) is 7.14. The molecule has 0 aromatic carbocycles. The molecular weight excluding hydrogens is 1670 g/mol. The third-order valence-electron chi connectivity index (χ3n) is 18.7. The summed E-state index contributed by atoms with van der Waals surface area (Å²) in [5, 5.41) is 17.4. The molecule has 0 aliphatic heterocycles. The first kappa shape index (κ1) is 99.4. The molecule has 0 saturated carbocycles. The van der Waals surface area contributed by atoms with Crippen molar-refractivity contribution in [3.05, 3.63) is 186 Å². The van der Waals surface area contributed by atoms with Crippen molar-refractivity contribution >= 4 is 88.5 Å². The highest BCUT2D eigenvalue weighted by atomic mass is 16.2. The molecule has 0 spiro atoms. The van der Waals surface area contributed by atoms with E-state index < -0.39 is 295 Å². The summed E-state index contributed by atoms with van der Waals surface area (Å²) in [7, 11) is 0. The van der Waals surface area contributed by atoms with Gasteiger partial charge in [0.25, 0.3) is 27.8 Å². The number of anilines is 1. The molecule has 0 radical (unpaired) electrons. The maximum absolute atomic E-state index is 14.2. The predicted molar refractivity (Wildman–Crippen MR) is 440 cm³/mol. The minimum absolute atomic E-state index is 0.00187. The summed E-state index contributed by atoms with van der Waals surface area (Å²) >= 11 is 0. The first-order valence-corrected chi connectivity index (χ1v) is 38.9. The molecular formula is C73H100N28O25. The van der Waals surface area contributed by atoms with Gasteiger partial charge in [-0.3, -0.25) is 143 Å². The van der Waals surface area contributed by atoms with Crippen LogP contribution in [0.1, 0.15) is 54.0 Å². The van der Waals surface area contributed by atoms with Gasteiger partial charge in [-0.15, -0.1) is 0 Å². The van der Waals surface area contributed by atoms with E-state index in [1.54, 1.807) is 0 Å². The van der Waals surface area contributed by atoms with Crippen molar-refractivity contribution in [2.24, 2.45) is 11.5 Å². The van der Waals surface area contributed by atoms with Gasteiger partial charge in [0.15, 0.2) is 0 Å². The third kappa shape index (κ3) is 31.9. The van der Waals surface area contributed by atoms with Gasteiger partial charge in [-0.25, -0.2) is 28.8 Å². The fourth-order valence-electron chi connectivity index (χ4n) is 11.8. The summed E-state index contributed by atoms with van der Waals surface area (Å²) < 4.78 is 5.03. The number of nitrogens with two attached hydrogens (primary N) is 3. The second-order valence-corrected chi connectivity index (χ2v) is 28.7. The molecule has 6 aromatic rings. The van der Waals surface area contributed by atoms with E-state index in [2.05, 4.69) is 52.2 Å². The third-order valence-corrected chi connectivity index (χ3v) is 18.7. The lowest BCUT2D eigenvalue weighted by atomic mass is 10.1. The number of carbonyl (C=O) groups excluding carboxylic acids is 14. The Morgan fingerprint density at radius 1 is 0.365 bits per heavy atom. The first-order valence-electron chi connectivity index (χ1n) is 38.9. The second kappa shape index (κ2) is 47.7. The normalized spacial score (nSPS) is 11.1. The van der Waals surface area contributed by atoms with Crippen molar-refractivity contribution in [3.8, 4) is 0 Å². The maximum atomic E-state index is 14.2. The quantitative estimate of drug-likeness (QED) is 0.0158. The van der Waals surface area contributed by atoms with Crippen LogP contribution in [0.2, 0.25) is 0 Å². The number of rotatable bonds is 48. The van der Waals surface area contributed by atoms with E-state index in [0.29, 0.717) is 12.8 Å². The Balaban J connectivity index is 1.17. The minimum atomic E-state index is -1.19. The minimum Gasteiger partial charge on any atom is -0.383 e. The van der Waals surface area contributed by atoms with Gasteiger partial charge in [0, 0.05) is 150 Å². The molecule has 0 aliphatic carbocycles. The van der Waals surface area contributed by atoms with Crippen LogP contribution in [0.25, 0.3) is 0 Å². The number of aromatic nitrogens is 12. The van der Waals surface area contributed by atoms with Gasteiger partial charge in [0.05, 0.1) is 39.3 Å². The molecule has 6 heterocycles. The SMILES string of the molecule is CC(=O)NCCN(CC(=O)NCCN(CC(=O)NCCN(CC(=O)NCCN(CC(=O)NCCN(CC(=O)NCCN(CC(=O)N[C@@H](CCCCN)C(N)=O)C(=O)Cn1cc(C)c(=O)[nH]c1=O)C(=O)Cn1cc(C)c(=O)[nH]c1=O)C(=O)Cn1ccc(N)nc1=O)C(=O)Cn1cc(C)c(=O)[nH]c1=O)C(=O)Cn1cc(C)c(=O)[nH]c1=O)C(=O)Cn1cc(C)c(=O)[nH]c1=O. The Kier molecular flexibility index (Phi) is 37.7. The van der Waals surface area contributed by atoms with Crippen molar-refractivity contribution < 1.29 is 67.1 Å². The number of nitrogens with one attached hydrogen (secondary N) is 12. The van der Waals surface area contributed by atoms with Crippen molar-refractivity contribution in [2.75, 3.05) is 130 Å². The first-order chi connectivity index (χ1) is 59.5. The second-order valence-electron chi connectivity index (χ2n) is 28.7. The van der Waals surface area contributed by atoms with Crippen LogP contribution in [0, 0.1) is 34.6 Å². The van der Waals surface area contributed by atoms with Crippen LogP contribution < -0.4 is 116 Å². The molecule has 6 aromatic heterocycles. The van der Waals surface area contributed by atoms with Gasteiger partial charge < -0.3 is 83.8 Å². The summed E-state index contributed by atoms with van der Waals surface area (Å²) in [4.78, 5) is 347. The Labute approximate surface area is 710 Å². The monoisotopic (exact) mass is 1770 g/mol. The molecule has 1 atom stereocenters. The van der Waals surface area contributed by atoms with E-state index >= 15 is 0 Å². The van der Waals surface area contributed by atoms with Gasteiger partial charge in [0.2, 0.25) is 82.7 Å². The zero-order valence-electron chi connectivity index (χ0n) is 69.7. The maximum Gasteiger partial charge on any atom is 0.349 e. The van der Waals surface area contributed by atoms with E-state index in [4.69, 9.17) is 17.2 Å². The molecule has 0 aliphatic rings. The number of hydrogen-bond acceptors (Lipinski definition) is 28. The van der Waals surface area contributed by atoms with Crippen LogP contribution in [0.5, 0.6) is 0 Å². The highest BCUT2D eigenvalue weighted by Crippen LogP contribution is 2.06. The van der Waals surface area contributed by atoms with Crippen LogP contribution in [0.3, 0.4) is 0 Å². The van der Waals surface area contributed by atoms with Crippen molar-refractivity contribution in [2.45, 2.75) is 106 Å². The Morgan fingerprint density at radius 3 is 0.833 bits per heavy atom. The van der Waals surface area contributed by atoms with Crippen LogP contribution in [0.15, 0.2) is 96.0 Å². The van der Waals surface area contributed by atoms with Crippen molar-refractivity contribution in [1.29, 1.82) is 0 Å². The van der Waals surface area contributed by atoms with E-state index in [-0.39, 0.29) is 59.7 Å². The zero-order chi connectivity index (χ0) is 93.3. The number of unbranched alkanes of at least 4 members (excludes halogenated alkanes) is 1. The zero-order valence-corrected chi connectivity index (χ0v) is 69.7. The highest BCUT2D eigenvalue weighted by Gasteiger charge is 2.29. The van der Waals surface area contributed by atoms with Crippen LogP contribution in [-0.2, 0) is 106 Å². The van der Waals surface area contributed by atoms with E-state index in [9.17, 15) is 120 Å². The molecule has 0 fully saturated rings. The largest absolute Gasteiger partial charge is 0.383 e. The number of nitrogen functional groups attached to an aromatic ring is 1. The molecule has 0 bridgehead atoms. The van der Waals surface area contributed by atoms with Gasteiger partial charge in [0.1, 0.15) is 51.1 Å². The predicted octanol–water partition coefficient (Wildman–Crippen LogP) is -14.1. The van der Waals surface area contributed by atoms with Gasteiger partial charge in [-0.05, 0) is 66.5 Å². The average Bonchev–Trinajstić information content (AvgIpc) is 0.861. The van der Waals surface area contributed by atoms with Crippen LogP contribution >= 0.6 is 0 Å². The summed E-state index contributed by atoms with van der Waals surface area (Å²) in [6.45, 7) is -6.74. The van der Waals surface area contributed by atoms with Gasteiger partial charge in [-0.1, -0.05) is 0 Å². The number of carbonyl (C=O) groups is 14. The number of primary amides is 1. The molecule has 0 saturated heterocycles. The number of H-pyrrole nitrogens is 5. The Hall–Kier alpha value is -15.4. The molecule has 682 valence electrons. The standard InChI is InChI=1S/C73H100N28O25/c1-42-25-97(69(122)85-63(42)116)37-57(110)90(19-12-77-47(6)102)30-50(103)79-14-21-92(58(111)38-98-26-43(2)64(117)86-70(98)123)33-53(106)81-16-23-93(59(112)39-99-27-44(3)65(118)87-71(99)124)32-52(105)78-13-20-91(56(109)36-96-18-10-49(75)84-68(96)121)31-51(104)80-15-22-94(60(113)40-100-28-45(4)66(119)88-72(100)125)34-54(107)82-17-24-95(35-55(108)83-48(62(76)115)9-7-8-11-74)61(114)41-101-29-46(5)67(120)89-73(101)126/h10,18,25-29,48H,7-9,11-17,19-24,30-41,74H2,1-6H3,(H2,76,115)(H,77,102)(H,78,105)(H,79,103)(H,80,104)(H,81,106)(H,82,107)(H,83,108)(H2,75,84,121)(H,85,116,122)(H,86,117,123)(H,87,118,124)(H,88,119,125)(H,89,120,126)/t48-/m0/s1. The molecule has 18 N–H and O–H groups in total. The van der Waals surface area contributed by atoms with Crippen LogP contribution in [-0.4, -0.2) is 300 Å². The molecule has 126 heavy (non-hydrogen) atoms. The lowest BCUT2D eigenvalue weighted by Gasteiger charge is -2.26. The Morgan fingerprint density at radius 2 is 0.603 bits per heavy atom. The number of nitrogens with zero attached hydrogens (tertiary/aromatic N) is 13. The number of aromatic amines is 5. The van der Waals surface area contributed by atoms with Crippen molar-refractivity contribution in [1.82, 2.24) is 124 Å². The summed E-state index contributed by atoms with van der Waals surface area (Å²) in [5.74, 6) is -12.7. The lowest BCUT2D eigenvalue weighted by molar-refractivity contribution is -0.138. The van der Waals surface area contributed by atoms with Crippen molar-refractivity contribution in [3.63, 3.8) is 0 Å². The molecule has 6 rings (SSSR count). The summed E-state index contributed by atoms with van der Waals surface area (Å²) in [6.07, 6.45) is 7.48. The Bertz CT molecular complexity index is 5790. The number of aryl methyl sites for hydroxylation is 5.